The third-order valence-corrected chi connectivity index (χ3v) is 8.18. The molecule has 6 aromatic carbocycles. The molecule has 0 amide bonds. The zero-order valence-electron chi connectivity index (χ0n) is 22.0. The molecule has 9 rings (SSSR count). The molecule has 0 saturated carbocycles. The molecule has 0 aliphatic rings. The lowest BCUT2D eigenvalue weighted by atomic mass is 10.0. The Morgan fingerprint density at radius 3 is 2.22 bits per heavy atom. The molecule has 1 N–H and O–H groups in total. The molecular formula is C37H23N3O. The maximum Gasteiger partial charge on any atom is 0.227 e. The Bertz CT molecular complexity index is 2390. The molecule has 3 heterocycles. The fourth-order valence-corrected chi connectivity index (χ4v) is 6.26. The number of aromatic amines is 1. The van der Waals surface area contributed by atoms with Gasteiger partial charge in [-0.25, -0.2) is 4.98 Å². The molecule has 0 saturated heterocycles. The van der Waals surface area contributed by atoms with E-state index in [1.54, 1.807) is 0 Å². The summed E-state index contributed by atoms with van der Waals surface area (Å²) in [5.74, 6) is 0.638. The van der Waals surface area contributed by atoms with Gasteiger partial charge in [-0.15, -0.1) is 0 Å². The van der Waals surface area contributed by atoms with Crippen LogP contribution in [0.25, 0.3) is 83.0 Å². The zero-order valence-corrected chi connectivity index (χ0v) is 22.0. The largest absolute Gasteiger partial charge is 0.436 e. The van der Waals surface area contributed by atoms with E-state index in [4.69, 9.17) is 4.42 Å². The first-order valence-electron chi connectivity index (χ1n) is 13.8. The summed E-state index contributed by atoms with van der Waals surface area (Å²) in [7, 11) is 0. The van der Waals surface area contributed by atoms with Crippen molar-refractivity contribution in [3.8, 4) is 28.3 Å². The summed E-state index contributed by atoms with van der Waals surface area (Å²) >= 11 is 0. The third kappa shape index (κ3) is 3.31. The van der Waals surface area contributed by atoms with Crippen molar-refractivity contribution in [3.05, 3.63) is 133 Å². The van der Waals surface area contributed by atoms with Crippen molar-refractivity contribution >= 4 is 54.7 Å². The van der Waals surface area contributed by atoms with Gasteiger partial charge < -0.3 is 14.0 Å². The van der Waals surface area contributed by atoms with Crippen LogP contribution in [0.4, 0.5) is 0 Å². The van der Waals surface area contributed by atoms with Gasteiger partial charge in [0.25, 0.3) is 0 Å². The Balaban J connectivity index is 1.22. The lowest BCUT2D eigenvalue weighted by Crippen LogP contribution is -1.95. The minimum Gasteiger partial charge on any atom is -0.436 e. The topological polar surface area (TPSA) is 46.8 Å². The van der Waals surface area contributed by atoms with Crippen LogP contribution in [0, 0.1) is 0 Å². The van der Waals surface area contributed by atoms with Gasteiger partial charge in [-0.2, -0.15) is 0 Å². The van der Waals surface area contributed by atoms with Crippen molar-refractivity contribution in [2.75, 3.05) is 0 Å². The summed E-state index contributed by atoms with van der Waals surface area (Å²) in [5, 5.41) is 4.97. The molecule has 0 atom stereocenters. The van der Waals surface area contributed by atoms with E-state index in [0.29, 0.717) is 5.89 Å². The Kier molecular flexibility index (Phi) is 4.58. The summed E-state index contributed by atoms with van der Waals surface area (Å²) in [6, 6.07) is 46.8. The predicted octanol–water partition coefficient (Wildman–Crippen LogP) is 9.89. The number of aromatic nitrogens is 3. The standard InChI is InChI=1S/C37H23N3O/c1-3-12-31-27(10-1)29-20-21-30-28-11-2-5-14-33(28)40(36(30)35(29)38-31)26-9-7-8-25(22-26)23-16-18-24(19-17-23)37-39-32-13-4-6-15-34(32)41-37/h1-22,38H. The van der Waals surface area contributed by atoms with Gasteiger partial charge in [-0.05, 0) is 59.7 Å². The Hall–Kier alpha value is -5.61. The predicted molar refractivity (Wildman–Crippen MR) is 169 cm³/mol. The van der Waals surface area contributed by atoms with Gasteiger partial charge in [0.15, 0.2) is 5.58 Å². The van der Waals surface area contributed by atoms with Gasteiger partial charge in [0.1, 0.15) is 5.52 Å². The van der Waals surface area contributed by atoms with Crippen LogP contribution < -0.4 is 0 Å². The van der Waals surface area contributed by atoms with Crippen molar-refractivity contribution in [1.29, 1.82) is 0 Å². The SMILES string of the molecule is c1cc(-c2ccc(-c3nc4ccccc4o3)cc2)cc(-n2c3ccccc3c3ccc4c5ccccc5[nH]c4c32)c1. The van der Waals surface area contributed by atoms with E-state index in [9.17, 15) is 0 Å². The summed E-state index contributed by atoms with van der Waals surface area (Å²) in [6.07, 6.45) is 0. The van der Waals surface area contributed by atoms with Crippen LogP contribution in [0.1, 0.15) is 0 Å². The number of H-pyrrole nitrogens is 1. The number of hydrogen-bond donors (Lipinski definition) is 1. The van der Waals surface area contributed by atoms with Crippen LogP contribution >= 0.6 is 0 Å². The molecule has 192 valence electrons. The number of para-hydroxylation sites is 4. The number of benzene rings is 6. The number of hydrogen-bond acceptors (Lipinski definition) is 2. The number of nitrogens with one attached hydrogen (secondary N) is 1. The average molecular weight is 526 g/mol. The molecule has 0 radical (unpaired) electrons. The van der Waals surface area contributed by atoms with Crippen molar-refractivity contribution in [2.24, 2.45) is 0 Å². The highest BCUT2D eigenvalue weighted by atomic mass is 16.3. The van der Waals surface area contributed by atoms with E-state index in [-0.39, 0.29) is 0 Å². The van der Waals surface area contributed by atoms with Crippen molar-refractivity contribution in [1.82, 2.24) is 14.5 Å². The van der Waals surface area contributed by atoms with E-state index in [0.717, 1.165) is 44.5 Å². The van der Waals surface area contributed by atoms with Gasteiger partial charge in [-0.1, -0.05) is 84.9 Å². The minimum absolute atomic E-state index is 0.638. The van der Waals surface area contributed by atoms with Crippen LogP contribution in [0.2, 0.25) is 0 Å². The molecule has 0 spiro atoms. The van der Waals surface area contributed by atoms with Gasteiger partial charge in [-0.3, -0.25) is 0 Å². The molecule has 3 aromatic heterocycles. The molecule has 4 nitrogen and oxygen atoms in total. The highest BCUT2D eigenvalue weighted by molar-refractivity contribution is 6.22. The van der Waals surface area contributed by atoms with Gasteiger partial charge in [0.2, 0.25) is 5.89 Å². The molecule has 0 bridgehead atoms. The maximum atomic E-state index is 5.99. The monoisotopic (exact) mass is 525 g/mol. The van der Waals surface area contributed by atoms with Crippen LogP contribution in [0.15, 0.2) is 138 Å². The number of oxazole rings is 1. The Morgan fingerprint density at radius 2 is 1.32 bits per heavy atom. The van der Waals surface area contributed by atoms with Crippen LogP contribution in [0.3, 0.4) is 0 Å². The van der Waals surface area contributed by atoms with Crippen LogP contribution in [-0.4, -0.2) is 14.5 Å². The summed E-state index contributed by atoms with van der Waals surface area (Å²) < 4.78 is 8.39. The first-order valence-corrected chi connectivity index (χ1v) is 13.8. The fourth-order valence-electron chi connectivity index (χ4n) is 6.26. The second-order valence-corrected chi connectivity index (χ2v) is 10.5. The second-order valence-electron chi connectivity index (χ2n) is 10.5. The Morgan fingerprint density at radius 1 is 0.561 bits per heavy atom. The number of rotatable bonds is 3. The zero-order chi connectivity index (χ0) is 26.9. The van der Waals surface area contributed by atoms with Crippen molar-refractivity contribution in [2.45, 2.75) is 0 Å². The van der Waals surface area contributed by atoms with Gasteiger partial charge in [0, 0.05) is 38.3 Å². The molecule has 0 aliphatic carbocycles. The van der Waals surface area contributed by atoms with Crippen molar-refractivity contribution < 1.29 is 4.42 Å². The number of fused-ring (bicyclic) bond motifs is 8. The molecule has 9 aromatic rings. The van der Waals surface area contributed by atoms with E-state index >= 15 is 0 Å². The maximum absolute atomic E-state index is 5.99. The van der Waals surface area contributed by atoms with Crippen LogP contribution in [0.5, 0.6) is 0 Å². The fraction of sp³-hybridized carbons (Fsp3) is 0. The van der Waals surface area contributed by atoms with E-state index in [1.807, 2.05) is 24.3 Å². The number of nitrogens with zero attached hydrogens (tertiary/aromatic N) is 2. The molecular weight excluding hydrogens is 502 g/mol. The quantitative estimate of drug-likeness (QED) is 0.249. The normalized spacial score (nSPS) is 11.9. The highest BCUT2D eigenvalue weighted by Crippen LogP contribution is 2.39. The van der Waals surface area contributed by atoms with Gasteiger partial charge in [0.05, 0.1) is 16.6 Å². The molecule has 0 aliphatic heterocycles. The van der Waals surface area contributed by atoms with E-state index in [2.05, 4.69) is 124 Å². The molecule has 0 unspecified atom stereocenters. The van der Waals surface area contributed by atoms with E-state index < -0.39 is 0 Å². The molecule has 4 heteroatoms. The molecule has 0 fully saturated rings. The third-order valence-electron chi connectivity index (χ3n) is 8.18. The average Bonchev–Trinajstić information content (AvgIpc) is 3.73. The summed E-state index contributed by atoms with van der Waals surface area (Å²) in [5.41, 5.74) is 10.8. The minimum atomic E-state index is 0.638. The lowest BCUT2D eigenvalue weighted by molar-refractivity contribution is 0.620. The van der Waals surface area contributed by atoms with Crippen molar-refractivity contribution in [3.63, 3.8) is 0 Å². The first-order chi connectivity index (χ1) is 20.3. The van der Waals surface area contributed by atoms with E-state index in [1.165, 1.54) is 32.6 Å². The second kappa shape index (κ2) is 8.44. The first kappa shape index (κ1) is 22.2. The lowest BCUT2D eigenvalue weighted by Gasteiger charge is -2.11. The van der Waals surface area contributed by atoms with Crippen LogP contribution in [-0.2, 0) is 0 Å². The van der Waals surface area contributed by atoms with Gasteiger partial charge >= 0.3 is 0 Å². The molecule has 41 heavy (non-hydrogen) atoms. The summed E-state index contributed by atoms with van der Waals surface area (Å²) in [4.78, 5) is 8.39. The smallest absolute Gasteiger partial charge is 0.227 e. The summed E-state index contributed by atoms with van der Waals surface area (Å²) in [6.45, 7) is 0. The highest BCUT2D eigenvalue weighted by Gasteiger charge is 2.17. The Labute approximate surface area is 235 Å².